The van der Waals surface area contributed by atoms with Crippen LogP contribution in [-0.2, 0) is 10.0 Å². The maximum Gasteiger partial charge on any atom is 0.249 e. The second kappa shape index (κ2) is 6.29. The maximum absolute atomic E-state index is 11.9. The minimum atomic E-state index is -3.73. The van der Waals surface area contributed by atoms with Crippen molar-refractivity contribution in [2.75, 3.05) is 18.9 Å². The number of rotatable bonds is 6. The zero-order chi connectivity index (χ0) is 14.5. The Bertz CT molecular complexity index is 578. The van der Waals surface area contributed by atoms with E-state index in [9.17, 15) is 8.42 Å². The third-order valence-electron chi connectivity index (χ3n) is 2.53. The molecule has 1 aromatic carbocycles. The lowest BCUT2D eigenvalue weighted by Gasteiger charge is -2.13. The summed E-state index contributed by atoms with van der Waals surface area (Å²) in [7, 11) is -0.778. The summed E-state index contributed by atoms with van der Waals surface area (Å²) in [6.07, 6.45) is 0.221. The predicted molar refractivity (Wildman–Crippen MR) is 71.8 cm³/mol. The summed E-state index contributed by atoms with van der Waals surface area (Å²) in [6.45, 7) is 1.64. The Morgan fingerprint density at radius 3 is 2.42 bits per heavy atom. The molecule has 6 nitrogen and oxygen atoms in total. The Morgan fingerprint density at radius 1 is 1.32 bits per heavy atom. The van der Waals surface area contributed by atoms with Crippen LogP contribution in [0, 0.1) is 11.3 Å². The van der Waals surface area contributed by atoms with Gasteiger partial charge < -0.3 is 9.47 Å². The SMILES string of the molecule is CCC(C#N)S(=O)(=O)Nc1ccc(OC)c(OC)c1. The topological polar surface area (TPSA) is 88.4 Å². The summed E-state index contributed by atoms with van der Waals surface area (Å²) in [6, 6.07) is 6.39. The van der Waals surface area contributed by atoms with Crippen molar-refractivity contribution in [1.29, 1.82) is 5.26 Å². The zero-order valence-corrected chi connectivity index (χ0v) is 11.8. The smallest absolute Gasteiger partial charge is 0.249 e. The highest BCUT2D eigenvalue weighted by Crippen LogP contribution is 2.30. The van der Waals surface area contributed by atoms with Crippen molar-refractivity contribution >= 4 is 15.7 Å². The average molecular weight is 284 g/mol. The molecule has 0 heterocycles. The van der Waals surface area contributed by atoms with Gasteiger partial charge in [0, 0.05) is 6.07 Å². The molecule has 0 aliphatic carbocycles. The van der Waals surface area contributed by atoms with Crippen LogP contribution in [0.15, 0.2) is 18.2 Å². The van der Waals surface area contributed by atoms with Crippen LogP contribution in [0.3, 0.4) is 0 Å². The van der Waals surface area contributed by atoms with E-state index in [2.05, 4.69) is 4.72 Å². The van der Waals surface area contributed by atoms with Crippen molar-refractivity contribution < 1.29 is 17.9 Å². The minimum absolute atomic E-state index is 0.221. The molecule has 0 spiro atoms. The number of nitrogens with one attached hydrogen (secondary N) is 1. The average Bonchev–Trinajstić information content (AvgIpc) is 2.39. The molecule has 0 fully saturated rings. The molecule has 1 rings (SSSR count). The summed E-state index contributed by atoms with van der Waals surface area (Å²) in [5.41, 5.74) is 0.325. The molecule has 1 unspecified atom stereocenters. The Morgan fingerprint density at radius 2 is 1.95 bits per heavy atom. The van der Waals surface area contributed by atoms with Gasteiger partial charge in [-0.05, 0) is 18.6 Å². The standard InChI is InChI=1S/C12H16N2O4S/c1-4-10(8-13)19(15,16)14-9-5-6-11(17-2)12(7-9)18-3/h5-7,10,14H,4H2,1-3H3. The van der Waals surface area contributed by atoms with Gasteiger partial charge in [-0.25, -0.2) is 8.42 Å². The predicted octanol–water partition coefficient (Wildman–Crippen LogP) is 1.75. The van der Waals surface area contributed by atoms with Crippen molar-refractivity contribution in [2.24, 2.45) is 0 Å². The van der Waals surface area contributed by atoms with Crippen LogP contribution in [0.4, 0.5) is 5.69 Å². The Kier molecular flexibility index (Phi) is 5.01. The highest BCUT2D eigenvalue weighted by atomic mass is 32.2. The van der Waals surface area contributed by atoms with Gasteiger partial charge in [-0.3, -0.25) is 4.72 Å². The van der Waals surface area contributed by atoms with Crippen molar-refractivity contribution in [2.45, 2.75) is 18.6 Å². The second-order valence-electron chi connectivity index (χ2n) is 3.74. The lowest BCUT2D eigenvalue weighted by Crippen LogP contribution is -2.25. The summed E-state index contributed by atoms with van der Waals surface area (Å²) >= 11 is 0. The van der Waals surface area contributed by atoms with Gasteiger partial charge in [-0.2, -0.15) is 5.26 Å². The van der Waals surface area contributed by atoms with Gasteiger partial charge in [0.25, 0.3) is 0 Å². The summed E-state index contributed by atoms with van der Waals surface area (Å²) < 4.78 is 36.3. The third-order valence-corrected chi connectivity index (χ3v) is 4.24. The Balaban J connectivity index is 3.04. The summed E-state index contributed by atoms with van der Waals surface area (Å²) in [5.74, 6) is 0.908. The largest absolute Gasteiger partial charge is 0.493 e. The fraction of sp³-hybridized carbons (Fsp3) is 0.417. The molecule has 1 N–H and O–H groups in total. The number of benzene rings is 1. The number of anilines is 1. The van der Waals surface area contributed by atoms with Crippen LogP contribution < -0.4 is 14.2 Å². The van der Waals surface area contributed by atoms with Crippen LogP contribution in [0.5, 0.6) is 11.5 Å². The van der Waals surface area contributed by atoms with Gasteiger partial charge in [-0.15, -0.1) is 0 Å². The van der Waals surface area contributed by atoms with Crippen molar-refractivity contribution in [1.82, 2.24) is 0 Å². The molecule has 0 radical (unpaired) electrons. The number of ether oxygens (including phenoxy) is 2. The number of sulfonamides is 1. The normalized spacial score (nSPS) is 12.3. The second-order valence-corrected chi connectivity index (χ2v) is 5.61. The number of hydrogen-bond acceptors (Lipinski definition) is 5. The molecule has 0 saturated carbocycles. The monoisotopic (exact) mass is 284 g/mol. The molecule has 0 amide bonds. The number of nitrogens with zero attached hydrogens (tertiary/aromatic N) is 1. The molecule has 1 aromatic rings. The van der Waals surface area contributed by atoms with Crippen molar-refractivity contribution in [3.05, 3.63) is 18.2 Å². The van der Waals surface area contributed by atoms with E-state index >= 15 is 0 Å². The maximum atomic E-state index is 11.9. The first-order valence-corrected chi connectivity index (χ1v) is 7.16. The fourth-order valence-corrected chi connectivity index (χ4v) is 2.69. The van der Waals surface area contributed by atoms with E-state index in [0.717, 1.165) is 0 Å². The van der Waals surface area contributed by atoms with E-state index in [-0.39, 0.29) is 6.42 Å². The Labute approximate surface area is 113 Å². The van der Waals surface area contributed by atoms with Gasteiger partial charge in [0.15, 0.2) is 16.7 Å². The third kappa shape index (κ3) is 3.51. The highest BCUT2D eigenvalue weighted by molar-refractivity contribution is 7.93. The quantitative estimate of drug-likeness (QED) is 0.859. The fourth-order valence-electron chi connectivity index (χ4n) is 1.52. The van der Waals surface area contributed by atoms with Crippen molar-refractivity contribution in [3.8, 4) is 17.6 Å². The van der Waals surface area contributed by atoms with Crippen LogP contribution in [0.25, 0.3) is 0 Å². The first-order chi connectivity index (χ1) is 8.98. The van der Waals surface area contributed by atoms with Gasteiger partial charge in [0.2, 0.25) is 10.0 Å². The van der Waals surface area contributed by atoms with E-state index in [1.807, 2.05) is 0 Å². The first kappa shape index (κ1) is 15.1. The number of hydrogen-bond donors (Lipinski definition) is 1. The van der Waals surface area contributed by atoms with Crippen LogP contribution >= 0.6 is 0 Å². The van der Waals surface area contributed by atoms with Gasteiger partial charge >= 0.3 is 0 Å². The lowest BCUT2D eigenvalue weighted by molar-refractivity contribution is 0.355. The molecule has 19 heavy (non-hydrogen) atoms. The van der Waals surface area contributed by atoms with Gasteiger partial charge in [0.05, 0.1) is 26.0 Å². The molecule has 1 atom stereocenters. The Hall–Kier alpha value is -1.94. The molecular weight excluding hydrogens is 268 g/mol. The molecular formula is C12H16N2O4S. The molecule has 0 saturated heterocycles. The number of nitriles is 1. The van der Waals surface area contributed by atoms with Crippen LogP contribution in [0.2, 0.25) is 0 Å². The van der Waals surface area contributed by atoms with E-state index in [0.29, 0.717) is 17.2 Å². The van der Waals surface area contributed by atoms with Gasteiger partial charge in [-0.1, -0.05) is 6.92 Å². The van der Waals surface area contributed by atoms with E-state index in [1.165, 1.54) is 20.3 Å². The highest BCUT2D eigenvalue weighted by Gasteiger charge is 2.23. The summed E-state index contributed by atoms with van der Waals surface area (Å²) in [4.78, 5) is 0. The lowest BCUT2D eigenvalue weighted by atomic mass is 10.3. The van der Waals surface area contributed by atoms with Crippen LogP contribution in [0.1, 0.15) is 13.3 Å². The molecule has 0 aliphatic rings. The zero-order valence-electron chi connectivity index (χ0n) is 11.0. The molecule has 0 bridgehead atoms. The first-order valence-electron chi connectivity index (χ1n) is 5.61. The minimum Gasteiger partial charge on any atom is -0.493 e. The van der Waals surface area contributed by atoms with E-state index in [4.69, 9.17) is 14.7 Å². The number of methoxy groups -OCH3 is 2. The van der Waals surface area contributed by atoms with Crippen LogP contribution in [-0.4, -0.2) is 27.9 Å². The van der Waals surface area contributed by atoms with Crippen molar-refractivity contribution in [3.63, 3.8) is 0 Å². The molecule has 7 heteroatoms. The molecule has 0 aliphatic heterocycles. The molecule has 0 aromatic heterocycles. The van der Waals surface area contributed by atoms with E-state index in [1.54, 1.807) is 25.1 Å². The molecule has 104 valence electrons. The summed E-state index contributed by atoms with van der Waals surface area (Å²) in [5, 5.41) is 7.73. The van der Waals surface area contributed by atoms with E-state index < -0.39 is 15.3 Å². The van der Waals surface area contributed by atoms with Gasteiger partial charge in [0.1, 0.15) is 0 Å².